The van der Waals surface area contributed by atoms with E-state index in [-0.39, 0.29) is 11.4 Å². The van der Waals surface area contributed by atoms with E-state index in [0.717, 1.165) is 0 Å². The van der Waals surface area contributed by atoms with Crippen molar-refractivity contribution in [1.82, 2.24) is 20.6 Å². The lowest BCUT2D eigenvalue weighted by atomic mass is 10.1. The molecule has 0 spiro atoms. The van der Waals surface area contributed by atoms with E-state index >= 15 is 0 Å². The molecular weight excluding hydrogens is 320 g/mol. The Kier molecular flexibility index (Phi) is 4.78. The molecule has 1 aromatic heterocycles. The number of hydrogen-bond acceptors (Lipinski definition) is 7. The molecule has 1 heterocycles. The van der Waals surface area contributed by atoms with Gasteiger partial charge in [-0.1, -0.05) is 30.3 Å². The van der Waals surface area contributed by atoms with Gasteiger partial charge in [0.15, 0.2) is 0 Å². The number of nitriles is 1. The third kappa shape index (κ3) is 3.86. The van der Waals surface area contributed by atoms with Gasteiger partial charge < -0.3 is 10.1 Å². The Bertz CT molecular complexity index is 929. The Morgan fingerprint density at radius 2 is 1.92 bits per heavy atom. The molecule has 0 bridgehead atoms. The fourth-order valence-electron chi connectivity index (χ4n) is 2.01. The number of nitrogens with one attached hydrogen (secondary N) is 2. The molecule has 0 radical (unpaired) electrons. The number of carbonyl (C=O) groups excluding carboxylic acids is 1. The van der Waals surface area contributed by atoms with E-state index in [1.54, 1.807) is 48.5 Å². The summed E-state index contributed by atoms with van der Waals surface area (Å²) in [5, 5.41) is 25.3. The number of carbonyl (C=O) groups is 1. The summed E-state index contributed by atoms with van der Waals surface area (Å²) in [5.74, 6) is 0.0856. The zero-order valence-corrected chi connectivity index (χ0v) is 12.9. The van der Waals surface area contributed by atoms with Crippen LogP contribution >= 0.6 is 0 Å². The Labute approximate surface area is 142 Å². The van der Waals surface area contributed by atoms with E-state index < -0.39 is 5.97 Å². The number of hydrogen-bond donors (Lipinski definition) is 2. The first kappa shape index (κ1) is 15.9. The molecule has 0 aliphatic heterocycles. The largest absolute Gasteiger partial charge is 0.423 e. The number of allylic oxidation sites excluding steroid dienone is 1. The SMILES string of the molecule is N#CC(=CNc1ccccc1C(=O)Oc1ccccc1)c1nn[nH]n1. The zero-order valence-electron chi connectivity index (χ0n) is 12.9. The highest BCUT2D eigenvalue weighted by molar-refractivity contribution is 5.97. The number of aromatic amines is 1. The van der Waals surface area contributed by atoms with Crippen LogP contribution in [0.25, 0.3) is 5.57 Å². The second kappa shape index (κ2) is 7.52. The van der Waals surface area contributed by atoms with Crippen LogP contribution in [0.3, 0.4) is 0 Å². The Morgan fingerprint density at radius 3 is 2.64 bits per heavy atom. The third-order valence-corrected chi connectivity index (χ3v) is 3.18. The van der Waals surface area contributed by atoms with Crippen molar-refractivity contribution in [3.8, 4) is 11.8 Å². The fraction of sp³-hybridized carbons (Fsp3) is 0. The summed E-state index contributed by atoms with van der Waals surface area (Å²) in [5.41, 5.74) is 0.979. The normalized spacial score (nSPS) is 10.8. The van der Waals surface area contributed by atoms with Gasteiger partial charge in [0.05, 0.1) is 11.3 Å². The highest BCUT2D eigenvalue weighted by atomic mass is 16.5. The van der Waals surface area contributed by atoms with E-state index in [9.17, 15) is 10.1 Å². The second-order valence-corrected chi connectivity index (χ2v) is 4.80. The summed E-state index contributed by atoms with van der Waals surface area (Å²) in [6.07, 6.45) is 1.40. The van der Waals surface area contributed by atoms with Crippen molar-refractivity contribution >= 4 is 17.2 Å². The number of nitrogens with zero attached hydrogens (tertiary/aromatic N) is 4. The molecule has 122 valence electrons. The summed E-state index contributed by atoms with van der Waals surface area (Å²) >= 11 is 0. The number of benzene rings is 2. The highest BCUT2D eigenvalue weighted by Gasteiger charge is 2.13. The molecular formula is C17H12N6O2. The van der Waals surface area contributed by atoms with E-state index in [2.05, 4.69) is 25.9 Å². The van der Waals surface area contributed by atoms with Gasteiger partial charge in [0.2, 0.25) is 5.82 Å². The van der Waals surface area contributed by atoms with E-state index in [4.69, 9.17) is 4.74 Å². The summed E-state index contributed by atoms with van der Waals surface area (Å²) in [4.78, 5) is 12.4. The minimum Gasteiger partial charge on any atom is -0.423 e. The first-order chi connectivity index (χ1) is 12.3. The predicted octanol–water partition coefficient (Wildman–Crippen LogP) is 2.40. The number of para-hydroxylation sites is 2. The van der Waals surface area contributed by atoms with Crippen molar-refractivity contribution in [3.05, 3.63) is 72.2 Å². The summed E-state index contributed by atoms with van der Waals surface area (Å²) in [7, 11) is 0. The van der Waals surface area contributed by atoms with Gasteiger partial charge in [-0.3, -0.25) is 0 Å². The van der Waals surface area contributed by atoms with E-state index in [1.807, 2.05) is 12.1 Å². The van der Waals surface area contributed by atoms with Crippen LogP contribution in [0.1, 0.15) is 16.2 Å². The molecule has 0 aliphatic carbocycles. The van der Waals surface area contributed by atoms with Crippen molar-refractivity contribution in [2.45, 2.75) is 0 Å². The number of tetrazole rings is 1. The van der Waals surface area contributed by atoms with Gasteiger partial charge in [-0.25, -0.2) is 4.79 Å². The Balaban J connectivity index is 1.81. The lowest BCUT2D eigenvalue weighted by molar-refractivity contribution is 0.0736. The molecule has 0 atom stereocenters. The van der Waals surface area contributed by atoms with Crippen molar-refractivity contribution in [2.75, 3.05) is 5.32 Å². The minimum atomic E-state index is -0.513. The number of esters is 1. The Hall–Kier alpha value is -3.99. The molecule has 8 nitrogen and oxygen atoms in total. The summed E-state index contributed by atoms with van der Waals surface area (Å²) < 4.78 is 5.34. The third-order valence-electron chi connectivity index (χ3n) is 3.18. The van der Waals surface area contributed by atoms with Crippen LogP contribution < -0.4 is 10.1 Å². The van der Waals surface area contributed by atoms with Gasteiger partial charge >= 0.3 is 5.97 Å². The molecule has 0 fully saturated rings. The van der Waals surface area contributed by atoms with Gasteiger partial charge in [0.1, 0.15) is 17.4 Å². The first-order valence-corrected chi connectivity index (χ1v) is 7.25. The van der Waals surface area contributed by atoms with Crippen LogP contribution in [-0.4, -0.2) is 26.6 Å². The maximum atomic E-state index is 12.4. The monoisotopic (exact) mass is 332 g/mol. The van der Waals surface area contributed by atoms with Crippen LogP contribution in [0.2, 0.25) is 0 Å². The Morgan fingerprint density at radius 1 is 1.16 bits per heavy atom. The lowest BCUT2D eigenvalue weighted by Gasteiger charge is -2.09. The molecule has 25 heavy (non-hydrogen) atoms. The van der Waals surface area contributed by atoms with Crippen molar-refractivity contribution in [1.29, 1.82) is 5.26 Å². The van der Waals surface area contributed by atoms with Crippen LogP contribution in [0.5, 0.6) is 5.75 Å². The fourth-order valence-corrected chi connectivity index (χ4v) is 2.01. The second-order valence-electron chi connectivity index (χ2n) is 4.80. The number of aromatic nitrogens is 4. The average Bonchev–Trinajstić information content (AvgIpc) is 3.18. The zero-order chi connectivity index (χ0) is 17.5. The van der Waals surface area contributed by atoms with Crippen molar-refractivity contribution < 1.29 is 9.53 Å². The quantitative estimate of drug-likeness (QED) is 0.418. The van der Waals surface area contributed by atoms with Gasteiger partial charge in [0, 0.05) is 6.20 Å². The van der Waals surface area contributed by atoms with Gasteiger partial charge in [0.25, 0.3) is 0 Å². The molecule has 0 saturated heterocycles. The summed E-state index contributed by atoms with van der Waals surface area (Å²) in [6, 6.07) is 17.5. The predicted molar refractivity (Wildman–Crippen MR) is 89.2 cm³/mol. The topological polar surface area (TPSA) is 117 Å². The smallest absolute Gasteiger partial charge is 0.345 e. The maximum Gasteiger partial charge on any atom is 0.345 e. The van der Waals surface area contributed by atoms with Crippen LogP contribution in [-0.2, 0) is 0 Å². The average molecular weight is 332 g/mol. The number of anilines is 1. The molecule has 0 unspecified atom stereocenters. The lowest BCUT2D eigenvalue weighted by Crippen LogP contribution is -2.11. The molecule has 8 heteroatoms. The number of ether oxygens (including phenoxy) is 1. The van der Waals surface area contributed by atoms with E-state index in [1.165, 1.54) is 6.20 Å². The van der Waals surface area contributed by atoms with Crippen LogP contribution in [0.4, 0.5) is 5.69 Å². The highest BCUT2D eigenvalue weighted by Crippen LogP contribution is 2.19. The van der Waals surface area contributed by atoms with Gasteiger partial charge in [-0.05, 0) is 29.5 Å². The van der Waals surface area contributed by atoms with Crippen molar-refractivity contribution in [2.24, 2.45) is 0 Å². The molecule has 3 rings (SSSR count). The van der Waals surface area contributed by atoms with Crippen LogP contribution in [0, 0.1) is 11.3 Å². The molecule has 0 saturated carbocycles. The van der Waals surface area contributed by atoms with Crippen LogP contribution in [0.15, 0.2) is 60.8 Å². The van der Waals surface area contributed by atoms with Crippen molar-refractivity contribution in [3.63, 3.8) is 0 Å². The standard InChI is InChI=1S/C17H12N6O2/c18-10-12(16-20-22-23-21-16)11-19-15-9-5-4-8-14(15)17(24)25-13-6-2-1-3-7-13/h1-9,11,19H,(H,20,21,22,23). The minimum absolute atomic E-state index is 0.152. The number of H-pyrrole nitrogens is 1. The molecule has 3 aromatic rings. The molecule has 0 amide bonds. The number of rotatable bonds is 5. The molecule has 2 N–H and O–H groups in total. The molecule has 2 aromatic carbocycles. The first-order valence-electron chi connectivity index (χ1n) is 7.25. The van der Waals surface area contributed by atoms with E-state index in [0.29, 0.717) is 17.0 Å². The van der Waals surface area contributed by atoms with Gasteiger partial charge in [-0.15, -0.1) is 10.2 Å². The van der Waals surface area contributed by atoms with Gasteiger partial charge in [-0.2, -0.15) is 10.5 Å². The molecule has 0 aliphatic rings. The maximum absolute atomic E-state index is 12.4. The summed E-state index contributed by atoms with van der Waals surface area (Å²) in [6.45, 7) is 0.